The van der Waals surface area contributed by atoms with E-state index in [-0.39, 0.29) is 25.2 Å². The number of amides is 1. The molecule has 3 aliphatic heterocycles. The van der Waals surface area contributed by atoms with Gasteiger partial charge in [-0.15, -0.1) is 0 Å². The Morgan fingerprint density at radius 2 is 2.00 bits per heavy atom. The van der Waals surface area contributed by atoms with Gasteiger partial charge < -0.3 is 24.4 Å². The molecule has 0 aliphatic carbocycles. The van der Waals surface area contributed by atoms with Crippen molar-refractivity contribution in [3.63, 3.8) is 0 Å². The van der Waals surface area contributed by atoms with Gasteiger partial charge in [-0.25, -0.2) is 9.79 Å². The van der Waals surface area contributed by atoms with E-state index in [2.05, 4.69) is 10.3 Å². The molecule has 1 N–H and O–H groups in total. The van der Waals surface area contributed by atoms with Crippen LogP contribution in [0.3, 0.4) is 0 Å². The summed E-state index contributed by atoms with van der Waals surface area (Å²) in [6.07, 6.45) is -0.196. The molecule has 1 unspecified atom stereocenters. The van der Waals surface area contributed by atoms with Crippen molar-refractivity contribution in [2.75, 3.05) is 6.79 Å². The van der Waals surface area contributed by atoms with Crippen molar-refractivity contribution in [2.24, 2.45) is 4.99 Å². The molecule has 0 radical (unpaired) electrons. The van der Waals surface area contributed by atoms with E-state index in [0.717, 1.165) is 16.8 Å². The highest BCUT2D eigenvalue weighted by molar-refractivity contribution is 8.16. The molecule has 3 aliphatic rings. The van der Waals surface area contributed by atoms with Gasteiger partial charge in [-0.3, -0.25) is 4.79 Å². The summed E-state index contributed by atoms with van der Waals surface area (Å²) in [6.45, 7) is 5.94. The van der Waals surface area contributed by atoms with E-state index in [1.54, 1.807) is 26.8 Å². The van der Waals surface area contributed by atoms with Crippen molar-refractivity contribution < 1.29 is 23.8 Å². The van der Waals surface area contributed by atoms with E-state index in [1.165, 1.54) is 11.8 Å². The molecule has 0 bridgehead atoms. The second-order valence-corrected chi connectivity index (χ2v) is 10.3. The first-order chi connectivity index (χ1) is 17.8. The molecular weight excluding hydrogens is 514 g/mol. The number of nitrogens with zero attached hydrogens (tertiary/aromatic N) is 2. The molecule has 0 fully saturated rings. The number of allylic oxidation sites excluding steroid dienone is 1. The van der Waals surface area contributed by atoms with Crippen LogP contribution in [0.4, 0.5) is 0 Å². The second-order valence-electron chi connectivity index (χ2n) is 9.01. The predicted molar refractivity (Wildman–Crippen MR) is 142 cm³/mol. The van der Waals surface area contributed by atoms with Gasteiger partial charge in [0.1, 0.15) is 0 Å². The lowest BCUT2D eigenvalue weighted by Crippen LogP contribution is -2.38. The van der Waals surface area contributed by atoms with Gasteiger partial charge in [0.25, 0.3) is 0 Å². The smallest absolute Gasteiger partial charge is 0.338 e. The number of amidine groups is 1. The minimum atomic E-state index is -0.574. The molecule has 1 atom stereocenters. The summed E-state index contributed by atoms with van der Waals surface area (Å²) in [5.74, 6) is 0.743. The monoisotopic (exact) mass is 539 g/mol. The van der Waals surface area contributed by atoms with Gasteiger partial charge >= 0.3 is 5.97 Å². The lowest BCUT2D eigenvalue weighted by molar-refractivity contribution is -0.143. The van der Waals surface area contributed by atoms with E-state index in [1.807, 2.05) is 46.7 Å². The molecule has 2 aromatic carbocycles. The average Bonchev–Trinajstić information content (AvgIpc) is 3.48. The Bertz CT molecular complexity index is 1350. The number of fused-ring (bicyclic) bond motifs is 2. The van der Waals surface area contributed by atoms with Crippen LogP contribution in [-0.2, 0) is 20.9 Å². The number of benzene rings is 2. The number of hydrogen-bond donors (Lipinski definition) is 1. The van der Waals surface area contributed by atoms with Gasteiger partial charge in [-0.1, -0.05) is 47.6 Å². The number of esters is 1. The largest absolute Gasteiger partial charge is 0.459 e. The first kappa shape index (κ1) is 25.2. The average molecular weight is 540 g/mol. The zero-order chi connectivity index (χ0) is 26.1. The van der Waals surface area contributed by atoms with Crippen molar-refractivity contribution in [1.82, 2.24) is 10.2 Å². The number of hydrogen-bond acceptors (Lipinski definition) is 8. The normalized spacial score (nSPS) is 18.0. The number of rotatable bonds is 7. The maximum atomic E-state index is 13.2. The fraction of sp³-hybridized carbons (Fsp3) is 0.296. The highest BCUT2D eigenvalue weighted by Crippen LogP contribution is 2.46. The van der Waals surface area contributed by atoms with Gasteiger partial charge in [0.15, 0.2) is 16.7 Å². The van der Waals surface area contributed by atoms with Crippen molar-refractivity contribution in [3.8, 4) is 11.5 Å². The summed E-state index contributed by atoms with van der Waals surface area (Å²) in [6, 6.07) is 12.4. The van der Waals surface area contributed by atoms with Gasteiger partial charge in [0, 0.05) is 17.3 Å². The molecule has 10 heteroatoms. The second kappa shape index (κ2) is 10.5. The molecule has 0 aromatic heterocycles. The van der Waals surface area contributed by atoms with Crippen LogP contribution in [0.5, 0.6) is 11.5 Å². The van der Waals surface area contributed by atoms with E-state index in [0.29, 0.717) is 39.5 Å². The van der Waals surface area contributed by atoms with E-state index >= 15 is 0 Å². The summed E-state index contributed by atoms with van der Waals surface area (Å²) in [5, 5.41) is 6.06. The van der Waals surface area contributed by atoms with Gasteiger partial charge in [0.2, 0.25) is 12.7 Å². The fourth-order valence-corrected chi connectivity index (χ4v) is 5.58. The van der Waals surface area contributed by atoms with Crippen LogP contribution in [0, 0.1) is 0 Å². The molecule has 192 valence electrons. The molecule has 0 spiro atoms. The first-order valence-electron chi connectivity index (χ1n) is 11.9. The Morgan fingerprint density at radius 3 is 2.78 bits per heavy atom. The summed E-state index contributed by atoms with van der Waals surface area (Å²) in [4.78, 5) is 32.8. The van der Waals surface area contributed by atoms with E-state index in [9.17, 15) is 9.59 Å². The third kappa shape index (κ3) is 5.19. The molecule has 0 saturated heterocycles. The van der Waals surface area contributed by atoms with Crippen molar-refractivity contribution in [1.29, 1.82) is 0 Å². The zero-order valence-electron chi connectivity index (χ0n) is 20.6. The number of thioether (sulfide) groups is 1. The lowest BCUT2D eigenvalue weighted by atomic mass is 9.93. The highest BCUT2D eigenvalue weighted by Gasteiger charge is 2.42. The Hall–Kier alpha value is -3.43. The number of nitrogens with one attached hydrogen (secondary N) is 1. The first-order valence-corrected chi connectivity index (χ1v) is 13.1. The van der Waals surface area contributed by atoms with Crippen LogP contribution < -0.4 is 14.8 Å². The zero-order valence-corrected chi connectivity index (χ0v) is 22.2. The molecule has 5 rings (SSSR count). The molecule has 1 amide bonds. The third-order valence-corrected chi connectivity index (χ3v) is 7.26. The van der Waals surface area contributed by atoms with Gasteiger partial charge in [0.05, 0.1) is 29.8 Å². The minimum absolute atomic E-state index is 0.100. The van der Waals surface area contributed by atoms with Crippen LogP contribution in [-0.4, -0.2) is 34.8 Å². The summed E-state index contributed by atoms with van der Waals surface area (Å²) >= 11 is 8.03. The fourth-order valence-electron chi connectivity index (χ4n) is 4.38. The van der Waals surface area contributed by atoms with E-state index < -0.39 is 12.0 Å². The molecule has 2 aromatic rings. The van der Waals surface area contributed by atoms with E-state index in [4.69, 9.17) is 25.8 Å². The molecular formula is C27H26ClN3O5S. The van der Waals surface area contributed by atoms with Crippen LogP contribution in [0.15, 0.2) is 69.8 Å². The number of halogens is 1. The number of aliphatic imine (C=N–C) groups is 1. The minimum Gasteiger partial charge on any atom is -0.459 e. The Morgan fingerprint density at radius 1 is 1.22 bits per heavy atom. The lowest BCUT2D eigenvalue weighted by Gasteiger charge is -2.36. The number of carbonyl (C=O) groups excluding carboxylic acids is 2. The van der Waals surface area contributed by atoms with Crippen molar-refractivity contribution >= 4 is 40.4 Å². The topological polar surface area (TPSA) is 89.5 Å². The summed E-state index contributed by atoms with van der Waals surface area (Å²) < 4.78 is 16.3. The Labute approximate surface area is 224 Å². The van der Waals surface area contributed by atoms with Crippen LogP contribution in [0.2, 0.25) is 5.02 Å². The third-order valence-electron chi connectivity index (χ3n) is 6.03. The maximum Gasteiger partial charge on any atom is 0.338 e. The Kier molecular flexibility index (Phi) is 7.17. The summed E-state index contributed by atoms with van der Waals surface area (Å²) in [5.41, 5.74) is 3.33. The SMILES string of the molecule is CC1=C(C(=O)OC(C)C)C(c2ccccc2Cl)N2C(CC(=O)NCc3ccc4c(c3)OCO4)=CSC2=N1. The number of carbonyl (C=O) groups is 2. The highest BCUT2D eigenvalue weighted by atomic mass is 35.5. The van der Waals surface area contributed by atoms with Crippen LogP contribution >= 0.6 is 23.4 Å². The quantitative estimate of drug-likeness (QED) is 0.477. The number of ether oxygens (including phenoxy) is 3. The van der Waals surface area contributed by atoms with Crippen molar-refractivity contribution in [3.05, 3.63) is 81.0 Å². The standard InChI is InChI=1S/C27H26ClN3O5S/c1-15(2)36-26(33)24-16(3)30-27-31(25(24)19-6-4-5-7-20(19)28)18(13-37-27)11-23(32)29-12-17-8-9-21-22(10-17)35-14-34-21/h4-10,13,15,25H,11-12,14H2,1-3H3,(H,29,32). The molecule has 37 heavy (non-hydrogen) atoms. The molecule has 8 nitrogen and oxygen atoms in total. The predicted octanol–water partition coefficient (Wildman–Crippen LogP) is 5.30. The Balaban J connectivity index is 1.38. The molecule has 0 saturated carbocycles. The van der Waals surface area contributed by atoms with Crippen LogP contribution in [0.1, 0.15) is 44.4 Å². The van der Waals surface area contributed by atoms with Crippen molar-refractivity contribution in [2.45, 2.75) is 45.9 Å². The van der Waals surface area contributed by atoms with Gasteiger partial charge in [-0.05, 0) is 55.5 Å². The van der Waals surface area contributed by atoms with Gasteiger partial charge in [-0.2, -0.15) is 0 Å². The maximum absolute atomic E-state index is 13.2. The molecule has 3 heterocycles. The summed E-state index contributed by atoms with van der Waals surface area (Å²) in [7, 11) is 0. The van der Waals surface area contributed by atoms with Crippen LogP contribution in [0.25, 0.3) is 0 Å².